The zero-order valence-electron chi connectivity index (χ0n) is 13.6. The quantitative estimate of drug-likeness (QED) is 0.455. The third-order valence-corrected chi connectivity index (χ3v) is 3.96. The average molecular weight is 338 g/mol. The van der Waals surface area contributed by atoms with Crippen LogP contribution in [0.1, 0.15) is 30.1 Å². The fraction of sp³-hybridized carbons (Fsp3) is 0.500. The van der Waals surface area contributed by atoms with Gasteiger partial charge in [-0.1, -0.05) is 0 Å². The van der Waals surface area contributed by atoms with Crippen LogP contribution in [0.4, 0.5) is 0 Å². The Balaban J connectivity index is 2.16. The average Bonchev–Trinajstić information content (AvgIpc) is 2.86. The molecule has 0 saturated carbocycles. The molecule has 0 aliphatic rings. The monoisotopic (exact) mass is 338 g/mol. The maximum absolute atomic E-state index is 11.8. The number of benzene rings is 1. The largest absolute Gasteiger partial charge is 0.462 e. The first-order chi connectivity index (χ1) is 11.1. The summed E-state index contributed by atoms with van der Waals surface area (Å²) in [5.41, 5.74) is 2.31. The first-order valence-electron chi connectivity index (χ1n) is 7.56. The van der Waals surface area contributed by atoms with Gasteiger partial charge in [0.2, 0.25) is 0 Å². The van der Waals surface area contributed by atoms with Crippen molar-refractivity contribution < 1.29 is 19.0 Å². The summed E-state index contributed by atoms with van der Waals surface area (Å²) in [6.07, 6.45) is 1.44. The van der Waals surface area contributed by atoms with E-state index >= 15 is 0 Å². The normalized spacial score (nSPS) is 11.3. The third-order valence-electron chi connectivity index (χ3n) is 3.63. The van der Waals surface area contributed by atoms with Crippen LogP contribution in [-0.4, -0.2) is 42.6 Å². The predicted molar refractivity (Wildman–Crippen MR) is 90.1 cm³/mol. The molecule has 23 heavy (non-hydrogen) atoms. The molecule has 0 aliphatic carbocycles. The van der Waals surface area contributed by atoms with E-state index in [1.165, 1.54) is 0 Å². The Morgan fingerprint density at radius 3 is 2.74 bits per heavy atom. The molecule has 2 rings (SSSR count). The highest BCUT2D eigenvalue weighted by Gasteiger charge is 2.11. The zero-order valence-corrected chi connectivity index (χ0v) is 14.4. The minimum Gasteiger partial charge on any atom is -0.462 e. The molecule has 0 saturated heterocycles. The number of aromatic amines is 1. The Morgan fingerprint density at radius 2 is 2.09 bits per heavy atom. The number of aryl methyl sites for hydroxylation is 1. The van der Waals surface area contributed by atoms with Crippen LogP contribution in [0.25, 0.3) is 11.0 Å². The predicted octanol–water partition coefficient (Wildman–Crippen LogP) is 3.27. The van der Waals surface area contributed by atoms with Crippen molar-refractivity contribution in [1.29, 1.82) is 0 Å². The molecule has 6 nitrogen and oxygen atoms in total. The number of hydrogen-bond donors (Lipinski definition) is 1. The minimum absolute atomic E-state index is 0.204. The van der Waals surface area contributed by atoms with Gasteiger partial charge in [0.15, 0.2) is 11.1 Å². The second-order valence-electron chi connectivity index (χ2n) is 5.08. The highest BCUT2D eigenvalue weighted by Crippen LogP contribution is 2.18. The lowest BCUT2D eigenvalue weighted by atomic mass is 10.2. The van der Waals surface area contributed by atoms with Gasteiger partial charge in [-0.15, -0.1) is 0 Å². The summed E-state index contributed by atoms with van der Waals surface area (Å²) in [5.74, 6) is -0.329. The molecule has 0 spiro atoms. The fourth-order valence-electron chi connectivity index (χ4n) is 2.48. The molecule has 0 bridgehead atoms. The number of hydrogen-bond acceptors (Lipinski definition) is 5. The van der Waals surface area contributed by atoms with Crippen molar-refractivity contribution in [2.75, 3.05) is 20.8 Å². The molecule has 0 amide bonds. The van der Waals surface area contributed by atoms with E-state index in [9.17, 15) is 4.79 Å². The number of esters is 1. The lowest BCUT2D eigenvalue weighted by Crippen LogP contribution is -2.13. The third kappa shape index (κ3) is 4.19. The Morgan fingerprint density at radius 1 is 1.35 bits per heavy atom. The van der Waals surface area contributed by atoms with Crippen molar-refractivity contribution >= 4 is 29.2 Å². The van der Waals surface area contributed by atoms with E-state index in [1.807, 2.05) is 10.6 Å². The van der Waals surface area contributed by atoms with Gasteiger partial charge in [0.25, 0.3) is 0 Å². The minimum atomic E-state index is -0.329. The fourth-order valence-corrected chi connectivity index (χ4v) is 2.77. The first kappa shape index (κ1) is 17.7. The highest BCUT2D eigenvalue weighted by molar-refractivity contribution is 7.71. The summed E-state index contributed by atoms with van der Waals surface area (Å²) in [7, 11) is 3.25. The van der Waals surface area contributed by atoms with Crippen molar-refractivity contribution in [1.82, 2.24) is 9.55 Å². The molecule has 0 fully saturated rings. The summed E-state index contributed by atoms with van der Waals surface area (Å²) in [6.45, 7) is 2.89. The van der Waals surface area contributed by atoms with E-state index in [1.54, 1.807) is 33.3 Å². The Bertz CT molecular complexity index is 718. The molecule has 1 heterocycles. The van der Waals surface area contributed by atoms with Gasteiger partial charge in [-0.25, -0.2) is 4.79 Å². The van der Waals surface area contributed by atoms with E-state index in [-0.39, 0.29) is 12.3 Å². The maximum Gasteiger partial charge on any atom is 0.338 e. The standard InChI is InChI=1S/C16H22N2O4S/c1-4-22-15(19)11-7-8-13-12(10-11)17-16(23)18(13)9-5-6-14(20-2)21-3/h7-8,10,14H,4-6,9H2,1-3H3,(H,17,23). The van der Waals surface area contributed by atoms with E-state index in [0.717, 1.165) is 30.4 Å². The second kappa shape index (κ2) is 8.24. The van der Waals surface area contributed by atoms with Gasteiger partial charge in [-0.2, -0.15) is 0 Å². The van der Waals surface area contributed by atoms with Crippen molar-refractivity contribution in [2.24, 2.45) is 0 Å². The number of ether oxygens (including phenoxy) is 3. The van der Waals surface area contributed by atoms with Crippen LogP contribution >= 0.6 is 12.2 Å². The number of carbonyl (C=O) groups excluding carboxylic acids is 1. The summed E-state index contributed by atoms with van der Waals surface area (Å²) < 4.78 is 18.0. The number of fused-ring (bicyclic) bond motifs is 1. The SMILES string of the molecule is CCOC(=O)c1ccc2c(c1)[nH]c(=S)n2CCCC(OC)OC. The van der Waals surface area contributed by atoms with Crippen molar-refractivity contribution in [3.8, 4) is 0 Å². The van der Waals surface area contributed by atoms with Gasteiger partial charge >= 0.3 is 5.97 Å². The van der Waals surface area contributed by atoms with Crippen molar-refractivity contribution in [3.63, 3.8) is 0 Å². The highest BCUT2D eigenvalue weighted by atomic mass is 32.1. The van der Waals surface area contributed by atoms with Crippen LogP contribution in [0.15, 0.2) is 18.2 Å². The van der Waals surface area contributed by atoms with Crippen LogP contribution in [0, 0.1) is 4.77 Å². The van der Waals surface area contributed by atoms with Gasteiger partial charge < -0.3 is 23.8 Å². The number of nitrogens with zero attached hydrogens (tertiary/aromatic N) is 1. The molecule has 2 aromatic rings. The number of H-pyrrole nitrogens is 1. The molecule has 0 aliphatic heterocycles. The van der Waals surface area contributed by atoms with E-state index in [2.05, 4.69) is 4.98 Å². The first-order valence-corrected chi connectivity index (χ1v) is 7.96. The number of aromatic nitrogens is 2. The van der Waals surface area contributed by atoms with E-state index < -0.39 is 0 Å². The molecular formula is C16H22N2O4S. The molecule has 1 aromatic carbocycles. The lowest BCUT2D eigenvalue weighted by Gasteiger charge is -2.13. The van der Waals surface area contributed by atoms with Crippen LogP contribution in [-0.2, 0) is 20.8 Å². The Kier molecular flexibility index (Phi) is 6.32. The number of carbonyl (C=O) groups is 1. The number of nitrogens with one attached hydrogen (secondary N) is 1. The smallest absolute Gasteiger partial charge is 0.338 e. The van der Waals surface area contributed by atoms with Gasteiger partial charge in [-0.3, -0.25) is 0 Å². The topological polar surface area (TPSA) is 65.5 Å². The Hall–Kier alpha value is -1.70. The van der Waals surface area contributed by atoms with Gasteiger partial charge in [-0.05, 0) is 43.8 Å². The number of rotatable bonds is 8. The van der Waals surface area contributed by atoms with E-state index in [4.69, 9.17) is 26.4 Å². The second-order valence-corrected chi connectivity index (χ2v) is 5.46. The molecule has 0 unspecified atom stereocenters. The van der Waals surface area contributed by atoms with Crippen LogP contribution < -0.4 is 0 Å². The van der Waals surface area contributed by atoms with Crippen molar-refractivity contribution in [3.05, 3.63) is 28.5 Å². The summed E-state index contributed by atoms with van der Waals surface area (Å²) in [4.78, 5) is 14.9. The number of methoxy groups -OCH3 is 2. The van der Waals surface area contributed by atoms with Crippen LogP contribution in [0.2, 0.25) is 0 Å². The van der Waals surface area contributed by atoms with E-state index in [0.29, 0.717) is 16.9 Å². The molecular weight excluding hydrogens is 316 g/mol. The van der Waals surface area contributed by atoms with Gasteiger partial charge in [0.1, 0.15) is 0 Å². The zero-order chi connectivity index (χ0) is 16.8. The van der Waals surface area contributed by atoms with Crippen LogP contribution in [0.3, 0.4) is 0 Å². The molecule has 0 atom stereocenters. The van der Waals surface area contributed by atoms with Gasteiger partial charge in [0, 0.05) is 27.2 Å². The molecule has 1 aromatic heterocycles. The van der Waals surface area contributed by atoms with Gasteiger partial charge in [0.05, 0.1) is 23.2 Å². The molecule has 126 valence electrons. The lowest BCUT2D eigenvalue weighted by molar-refractivity contribution is -0.107. The van der Waals surface area contributed by atoms with Crippen molar-refractivity contribution in [2.45, 2.75) is 32.6 Å². The van der Waals surface area contributed by atoms with Crippen LogP contribution in [0.5, 0.6) is 0 Å². The molecule has 7 heteroatoms. The summed E-state index contributed by atoms with van der Waals surface area (Å²) >= 11 is 5.38. The maximum atomic E-state index is 11.8. The Labute approximate surface area is 140 Å². The molecule has 0 radical (unpaired) electrons. The summed E-state index contributed by atoms with van der Waals surface area (Å²) in [6, 6.07) is 5.41. The number of imidazole rings is 1. The molecule has 1 N–H and O–H groups in total. The summed E-state index contributed by atoms with van der Waals surface area (Å²) in [5, 5.41) is 0.